The molecule has 1 heteroatoms. The molecule has 0 N–H and O–H groups in total. The van der Waals surface area contributed by atoms with E-state index in [-0.39, 0.29) is 5.41 Å². The fourth-order valence-electron chi connectivity index (χ4n) is 0.305. The molecule has 0 fully saturated rings. The van der Waals surface area contributed by atoms with E-state index >= 15 is 0 Å². The van der Waals surface area contributed by atoms with E-state index in [0.29, 0.717) is 0 Å². The quantitative estimate of drug-likeness (QED) is 0.490. The lowest BCUT2D eigenvalue weighted by Gasteiger charge is -2.17. The Hall–Kier alpha value is -0.590. The van der Waals surface area contributed by atoms with Gasteiger partial charge in [-0.2, -0.15) is 0 Å². The highest BCUT2D eigenvalue weighted by atomic mass is 16.1. The summed E-state index contributed by atoms with van der Waals surface area (Å²) in [5.74, 6) is 0. The third kappa shape index (κ3) is 3.07. The molecule has 0 spiro atoms. The molecule has 9 heavy (non-hydrogen) atoms. The summed E-state index contributed by atoms with van der Waals surface area (Å²) >= 11 is 0. The zero-order valence-electron chi connectivity index (χ0n) is 6.49. The highest BCUT2D eigenvalue weighted by molar-refractivity contribution is 5.67. The second kappa shape index (κ2) is 2.81. The van der Waals surface area contributed by atoms with E-state index < -0.39 is 0 Å². The molecule has 0 saturated heterocycles. The van der Waals surface area contributed by atoms with Gasteiger partial charge in [-0.1, -0.05) is 26.3 Å². The molecule has 0 heterocycles. The Morgan fingerprint density at radius 2 is 1.89 bits per heavy atom. The third-order valence-electron chi connectivity index (χ3n) is 1.46. The SMILES string of the molecule is C/C(=C\[C]=O)C(C)(C)C. The number of hydrogen-bond acceptors (Lipinski definition) is 1. The summed E-state index contributed by atoms with van der Waals surface area (Å²) in [5, 5.41) is 0. The number of carbonyl (C=O) groups excluding carboxylic acids is 1. The number of rotatable bonds is 1. The molecule has 1 nitrogen and oxygen atoms in total. The minimum atomic E-state index is 0.109. The van der Waals surface area contributed by atoms with Gasteiger partial charge in [-0.15, -0.1) is 0 Å². The smallest absolute Gasteiger partial charge is 0.225 e. The summed E-state index contributed by atoms with van der Waals surface area (Å²) < 4.78 is 0. The Labute approximate surface area is 56.8 Å². The predicted molar refractivity (Wildman–Crippen MR) is 38.9 cm³/mol. The lowest BCUT2D eigenvalue weighted by Crippen LogP contribution is -2.06. The highest BCUT2D eigenvalue weighted by Crippen LogP contribution is 2.23. The van der Waals surface area contributed by atoms with Gasteiger partial charge < -0.3 is 0 Å². The maximum Gasteiger partial charge on any atom is 0.225 e. The van der Waals surface area contributed by atoms with Crippen LogP contribution in [0, 0.1) is 5.41 Å². The first-order chi connectivity index (χ1) is 3.98. The lowest BCUT2D eigenvalue weighted by atomic mass is 9.88. The molecule has 0 aromatic heterocycles. The summed E-state index contributed by atoms with van der Waals surface area (Å²) in [6.45, 7) is 8.13. The molecule has 0 bridgehead atoms. The average molecular weight is 125 g/mol. The molecule has 0 aliphatic rings. The normalized spacial score (nSPS) is 13.6. The molecule has 0 rings (SSSR count). The topological polar surface area (TPSA) is 17.1 Å². The Morgan fingerprint density at radius 1 is 1.44 bits per heavy atom. The molecule has 0 atom stereocenters. The highest BCUT2D eigenvalue weighted by Gasteiger charge is 2.11. The molecule has 0 aliphatic heterocycles. The van der Waals surface area contributed by atoms with E-state index in [1.54, 1.807) is 6.29 Å². The van der Waals surface area contributed by atoms with Gasteiger partial charge in [-0.3, -0.25) is 4.79 Å². The monoisotopic (exact) mass is 125 g/mol. The van der Waals surface area contributed by atoms with E-state index in [1.807, 2.05) is 6.92 Å². The van der Waals surface area contributed by atoms with Crippen LogP contribution < -0.4 is 0 Å². The van der Waals surface area contributed by atoms with Crippen LogP contribution in [-0.2, 0) is 4.79 Å². The zero-order valence-corrected chi connectivity index (χ0v) is 6.49. The van der Waals surface area contributed by atoms with Crippen molar-refractivity contribution in [1.29, 1.82) is 0 Å². The Morgan fingerprint density at radius 3 is 2.00 bits per heavy atom. The van der Waals surface area contributed by atoms with E-state index in [4.69, 9.17) is 0 Å². The molecular weight excluding hydrogens is 112 g/mol. The average Bonchev–Trinajstić information content (AvgIpc) is 1.64. The van der Waals surface area contributed by atoms with Gasteiger partial charge >= 0.3 is 0 Å². The van der Waals surface area contributed by atoms with Crippen LogP contribution >= 0.6 is 0 Å². The summed E-state index contributed by atoms with van der Waals surface area (Å²) in [6, 6.07) is 0. The van der Waals surface area contributed by atoms with Crippen molar-refractivity contribution < 1.29 is 4.79 Å². The molecule has 0 amide bonds. The van der Waals surface area contributed by atoms with Crippen LogP contribution in [0.2, 0.25) is 0 Å². The van der Waals surface area contributed by atoms with Crippen molar-refractivity contribution in [3.63, 3.8) is 0 Å². The van der Waals surface area contributed by atoms with Crippen molar-refractivity contribution in [3.05, 3.63) is 11.6 Å². The van der Waals surface area contributed by atoms with Crippen LogP contribution in [0.3, 0.4) is 0 Å². The Bertz CT molecular complexity index is 126. The fourth-order valence-corrected chi connectivity index (χ4v) is 0.305. The van der Waals surface area contributed by atoms with Gasteiger partial charge in [0, 0.05) is 0 Å². The second-order valence-corrected chi connectivity index (χ2v) is 3.20. The lowest BCUT2D eigenvalue weighted by molar-refractivity contribution is 0.502. The van der Waals surface area contributed by atoms with Gasteiger partial charge in [0.25, 0.3) is 0 Å². The van der Waals surface area contributed by atoms with Gasteiger partial charge in [0.05, 0.1) is 0 Å². The van der Waals surface area contributed by atoms with Crippen LogP contribution in [0.1, 0.15) is 27.7 Å². The van der Waals surface area contributed by atoms with E-state index in [0.717, 1.165) is 5.57 Å². The first-order valence-corrected chi connectivity index (χ1v) is 3.03. The maximum absolute atomic E-state index is 9.86. The van der Waals surface area contributed by atoms with Crippen LogP contribution in [-0.4, -0.2) is 6.29 Å². The van der Waals surface area contributed by atoms with Crippen LogP contribution in [0.15, 0.2) is 11.6 Å². The summed E-state index contributed by atoms with van der Waals surface area (Å²) in [7, 11) is 0. The fraction of sp³-hybridized carbons (Fsp3) is 0.625. The Balaban J connectivity index is 4.19. The first kappa shape index (κ1) is 8.41. The molecule has 0 saturated carbocycles. The third-order valence-corrected chi connectivity index (χ3v) is 1.46. The van der Waals surface area contributed by atoms with E-state index in [9.17, 15) is 4.79 Å². The van der Waals surface area contributed by atoms with Crippen molar-refractivity contribution in [2.45, 2.75) is 27.7 Å². The molecule has 0 aromatic rings. The minimum absolute atomic E-state index is 0.109. The zero-order chi connectivity index (χ0) is 7.49. The molecular formula is C8H13O. The predicted octanol–water partition coefficient (Wildman–Crippen LogP) is 2.09. The van der Waals surface area contributed by atoms with Crippen LogP contribution in [0.25, 0.3) is 0 Å². The maximum atomic E-state index is 9.86. The number of hydrogen-bond donors (Lipinski definition) is 0. The molecule has 0 aliphatic carbocycles. The first-order valence-electron chi connectivity index (χ1n) is 3.03. The molecule has 0 unspecified atom stereocenters. The van der Waals surface area contributed by atoms with E-state index in [1.165, 1.54) is 6.08 Å². The number of allylic oxidation sites excluding steroid dienone is 2. The molecule has 1 radical (unpaired) electrons. The van der Waals surface area contributed by atoms with Crippen molar-refractivity contribution in [1.82, 2.24) is 0 Å². The van der Waals surface area contributed by atoms with Crippen LogP contribution in [0.5, 0.6) is 0 Å². The minimum Gasteiger partial charge on any atom is -0.286 e. The van der Waals surface area contributed by atoms with Gasteiger partial charge in [-0.25, -0.2) is 0 Å². The van der Waals surface area contributed by atoms with Gasteiger partial charge in [0.2, 0.25) is 6.29 Å². The van der Waals surface area contributed by atoms with Gasteiger partial charge in [0.1, 0.15) is 0 Å². The van der Waals surface area contributed by atoms with E-state index in [2.05, 4.69) is 20.8 Å². The van der Waals surface area contributed by atoms with Gasteiger partial charge in [-0.05, 0) is 18.4 Å². The van der Waals surface area contributed by atoms with Gasteiger partial charge in [0.15, 0.2) is 0 Å². The van der Waals surface area contributed by atoms with Crippen molar-refractivity contribution in [2.75, 3.05) is 0 Å². The summed E-state index contributed by atoms with van der Waals surface area (Å²) in [6.07, 6.45) is 3.25. The molecule has 51 valence electrons. The largest absolute Gasteiger partial charge is 0.286 e. The standard InChI is InChI=1S/C8H13O/c1-7(5-6-9)8(2,3)4/h5H,1-4H3/b7-5+. The summed E-state index contributed by atoms with van der Waals surface area (Å²) in [5.41, 5.74) is 1.18. The summed E-state index contributed by atoms with van der Waals surface area (Å²) in [4.78, 5) is 9.86. The van der Waals surface area contributed by atoms with Crippen molar-refractivity contribution >= 4 is 6.29 Å². The van der Waals surface area contributed by atoms with Crippen LogP contribution in [0.4, 0.5) is 0 Å². The Kier molecular flexibility index (Phi) is 2.63. The van der Waals surface area contributed by atoms with Crippen molar-refractivity contribution in [2.24, 2.45) is 5.41 Å². The molecule has 0 aromatic carbocycles. The van der Waals surface area contributed by atoms with Crippen molar-refractivity contribution in [3.8, 4) is 0 Å². The second-order valence-electron chi connectivity index (χ2n) is 3.20.